The topological polar surface area (TPSA) is 31.4 Å². The van der Waals surface area contributed by atoms with Gasteiger partial charge in [-0.25, -0.2) is 4.98 Å². The molecule has 1 aliphatic rings. The molecule has 0 aliphatic carbocycles. The summed E-state index contributed by atoms with van der Waals surface area (Å²) >= 11 is 6.42. The first-order valence-electron chi connectivity index (χ1n) is 7.77. The van der Waals surface area contributed by atoms with Crippen LogP contribution in [0, 0.1) is 0 Å². The molecule has 0 bridgehead atoms. The second-order valence-corrected chi connectivity index (χ2v) is 6.98. The van der Waals surface area contributed by atoms with Gasteiger partial charge in [-0.3, -0.25) is 4.90 Å². The minimum absolute atomic E-state index is 0.235. The van der Waals surface area contributed by atoms with Crippen LogP contribution in [0.1, 0.15) is 33.3 Å². The minimum atomic E-state index is 0.235. The van der Waals surface area contributed by atoms with Gasteiger partial charge in [0.25, 0.3) is 0 Å². The summed E-state index contributed by atoms with van der Waals surface area (Å²) in [5.74, 6) is 0.922. The fraction of sp³-hybridized carbons (Fsp3) is 0.688. The smallest absolute Gasteiger partial charge is 0.147 e. The number of rotatable bonds is 4. The molecule has 21 heavy (non-hydrogen) atoms. The van der Waals surface area contributed by atoms with Gasteiger partial charge in [-0.05, 0) is 38.9 Å². The van der Waals surface area contributed by atoms with Crippen molar-refractivity contribution in [1.82, 2.24) is 15.2 Å². The van der Waals surface area contributed by atoms with Crippen LogP contribution in [0.25, 0.3) is 0 Å². The number of pyridine rings is 1. The molecule has 4 nitrogen and oxygen atoms in total. The third kappa shape index (κ3) is 4.31. The van der Waals surface area contributed by atoms with Crippen molar-refractivity contribution in [2.24, 2.45) is 0 Å². The summed E-state index contributed by atoms with van der Waals surface area (Å²) in [6, 6.07) is 2.03. The van der Waals surface area contributed by atoms with Crippen molar-refractivity contribution in [3.63, 3.8) is 0 Å². The van der Waals surface area contributed by atoms with Gasteiger partial charge < -0.3 is 10.2 Å². The maximum atomic E-state index is 6.42. The third-order valence-electron chi connectivity index (χ3n) is 3.99. The summed E-state index contributed by atoms with van der Waals surface area (Å²) < 4.78 is 0. The van der Waals surface area contributed by atoms with Crippen LogP contribution >= 0.6 is 11.6 Å². The van der Waals surface area contributed by atoms with E-state index in [1.165, 1.54) is 0 Å². The second kappa shape index (κ2) is 6.95. The fourth-order valence-electron chi connectivity index (χ4n) is 2.66. The predicted octanol–water partition coefficient (Wildman–Crippen LogP) is 2.77. The standard InChI is InChI=1S/C16H27ClN4/c1-5-18-11-13-10-14(17)15(19-12-13)20-6-8-21(9-7-20)16(2,3)4/h10,12,18H,5-9,11H2,1-4H3. The summed E-state index contributed by atoms with van der Waals surface area (Å²) in [4.78, 5) is 9.38. The molecule has 5 heteroatoms. The van der Waals surface area contributed by atoms with Gasteiger partial charge in [0, 0.05) is 44.5 Å². The molecule has 0 amide bonds. The average Bonchev–Trinajstić information content (AvgIpc) is 2.44. The molecule has 0 saturated carbocycles. The van der Waals surface area contributed by atoms with E-state index in [2.05, 4.69) is 47.8 Å². The van der Waals surface area contributed by atoms with Gasteiger partial charge in [-0.1, -0.05) is 18.5 Å². The molecule has 2 rings (SSSR count). The maximum absolute atomic E-state index is 6.42. The van der Waals surface area contributed by atoms with E-state index in [0.29, 0.717) is 0 Å². The quantitative estimate of drug-likeness (QED) is 0.926. The van der Waals surface area contributed by atoms with Crippen molar-refractivity contribution in [3.05, 3.63) is 22.8 Å². The van der Waals surface area contributed by atoms with Crippen molar-refractivity contribution < 1.29 is 0 Å². The summed E-state index contributed by atoms with van der Waals surface area (Å²) in [7, 11) is 0. The Labute approximate surface area is 133 Å². The summed E-state index contributed by atoms with van der Waals surface area (Å²) in [6.45, 7) is 14.7. The molecule has 1 saturated heterocycles. The summed E-state index contributed by atoms with van der Waals surface area (Å²) in [5, 5.41) is 4.05. The Bertz CT molecular complexity index is 462. The minimum Gasteiger partial charge on any atom is -0.353 e. The van der Waals surface area contributed by atoms with Crippen LogP contribution in [0.4, 0.5) is 5.82 Å². The van der Waals surface area contributed by atoms with Gasteiger partial charge in [0.2, 0.25) is 0 Å². The molecule has 118 valence electrons. The van der Waals surface area contributed by atoms with Gasteiger partial charge in [-0.15, -0.1) is 0 Å². The van der Waals surface area contributed by atoms with Crippen LogP contribution in [0.3, 0.4) is 0 Å². The number of hydrogen-bond donors (Lipinski definition) is 1. The number of piperazine rings is 1. The zero-order valence-corrected chi connectivity index (χ0v) is 14.4. The summed E-state index contributed by atoms with van der Waals surface area (Å²) in [5.41, 5.74) is 1.37. The lowest BCUT2D eigenvalue weighted by atomic mass is 10.0. The normalized spacial score (nSPS) is 17.3. The van der Waals surface area contributed by atoms with E-state index in [-0.39, 0.29) is 5.54 Å². The van der Waals surface area contributed by atoms with Crippen molar-refractivity contribution >= 4 is 17.4 Å². The number of nitrogens with one attached hydrogen (secondary N) is 1. The average molecular weight is 311 g/mol. The highest BCUT2D eigenvalue weighted by molar-refractivity contribution is 6.33. The highest BCUT2D eigenvalue weighted by atomic mass is 35.5. The largest absolute Gasteiger partial charge is 0.353 e. The number of nitrogens with zero attached hydrogens (tertiary/aromatic N) is 3. The molecule has 2 heterocycles. The Morgan fingerprint density at radius 1 is 1.24 bits per heavy atom. The summed E-state index contributed by atoms with van der Waals surface area (Å²) in [6.07, 6.45) is 1.93. The van der Waals surface area contributed by atoms with Crippen molar-refractivity contribution in [2.75, 3.05) is 37.6 Å². The zero-order chi connectivity index (χ0) is 15.5. The van der Waals surface area contributed by atoms with Gasteiger partial charge in [-0.2, -0.15) is 0 Å². The van der Waals surface area contributed by atoms with E-state index in [1.807, 2.05) is 12.3 Å². The lowest BCUT2D eigenvalue weighted by Gasteiger charge is -2.42. The highest BCUT2D eigenvalue weighted by Crippen LogP contribution is 2.26. The molecule has 0 spiro atoms. The fourth-order valence-corrected chi connectivity index (χ4v) is 2.97. The molecule has 1 aromatic rings. The van der Waals surface area contributed by atoms with E-state index >= 15 is 0 Å². The van der Waals surface area contributed by atoms with Crippen molar-refractivity contribution in [2.45, 2.75) is 39.8 Å². The lowest BCUT2D eigenvalue weighted by molar-refractivity contribution is 0.128. The molecule has 1 aliphatic heterocycles. The molecule has 1 fully saturated rings. The highest BCUT2D eigenvalue weighted by Gasteiger charge is 2.27. The van der Waals surface area contributed by atoms with Crippen LogP contribution in [-0.2, 0) is 6.54 Å². The molecule has 1 aromatic heterocycles. The SMILES string of the molecule is CCNCc1cnc(N2CCN(C(C)(C)C)CC2)c(Cl)c1. The Balaban J connectivity index is 2.00. The molecule has 0 unspecified atom stereocenters. The molecule has 0 atom stereocenters. The number of hydrogen-bond acceptors (Lipinski definition) is 4. The van der Waals surface area contributed by atoms with Gasteiger partial charge in [0.15, 0.2) is 0 Å². The van der Waals surface area contributed by atoms with Crippen LogP contribution in [0.5, 0.6) is 0 Å². The number of anilines is 1. The first-order valence-corrected chi connectivity index (χ1v) is 8.14. The van der Waals surface area contributed by atoms with Crippen molar-refractivity contribution in [1.29, 1.82) is 0 Å². The second-order valence-electron chi connectivity index (χ2n) is 6.57. The van der Waals surface area contributed by atoms with Crippen LogP contribution in [0.15, 0.2) is 12.3 Å². The van der Waals surface area contributed by atoms with E-state index in [1.54, 1.807) is 0 Å². The third-order valence-corrected chi connectivity index (χ3v) is 4.26. The number of halogens is 1. The first kappa shape index (κ1) is 16.5. The van der Waals surface area contributed by atoms with E-state index in [0.717, 1.165) is 55.7 Å². The Kier molecular flexibility index (Phi) is 5.47. The molecule has 1 N–H and O–H groups in total. The molecule has 0 radical (unpaired) electrons. The zero-order valence-electron chi connectivity index (χ0n) is 13.6. The molecular formula is C16H27ClN4. The molecule has 0 aromatic carbocycles. The van der Waals surface area contributed by atoms with Gasteiger partial charge in [0.05, 0.1) is 5.02 Å². The molecular weight excluding hydrogens is 284 g/mol. The van der Waals surface area contributed by atoms with Crippen LogP contribution in [0.2, 0.25) is 5.02 Å². The van der Waals surface area contributed by atoms with Gasteiger partial charge in [0.1, 0.15) is 5.82 Å². The van der Waals surface area contributed by atoms with Crippen molar-refractivity contribution in [3.8, 4) is 0 Å². The van der Waals surface area contributed by atoms with E-state index < -0.39 is 0 Å². The number of aromatic nitrogens is 1. The van der Waals surface area contributed by atoms with E-state index in [4.69, 9.17) is 11.6 Å². The van der Waals surface area contributed by atoms with Crippen LogP contribution < -0.4 is 10.2 Å². The van der Waals surface area contributed by atoms with Gasteiger partial charge >= 0.3 is 0 Å². The Hall–Kier alpha value is -0.840. The lowest BCUT2D eigenvalue weighted by Crippen LogP contribution is -2.53. The monoisotopic (exact) mass is 310 g/mol. The van der Waals surface area contributed by atoms with E-state index in [9.17, 15) is 0 Å². The Morgan fingerprint density at radius 2 is 1.90 bits per heavy atom. The maximum Gasteiger partial charge on any atom is 0.147 e. The predicted molar refractivity (Wildman–Crippen MR) is 90.2 cm³/mol. The van der Waals surface area contributed by atoms with Crippen LogP contribution in [-0.4, -0.2) is 48.1 Å². The first-order chi connectivity index (χ1) is 9.91. The Morgan fingerprint density at radius 3 is 2.43 bits per heavy atom.